The number of benzene rings is 2. The third-order valence-electron chi connectivity index (χ3n) is 4.79. The molecule has 0 amide bonds. The van der Waals surface area contributed by atoms with Gasteiger partial charge in [-0.05, 0) is 25.1 Å². The van der Waals surface area contributed by atoms with E-state index < -0.39 is 26.6 Å². The van der Waals surface area contributed by atoms with Gasteiger partial charge in [0.15, 0.2) is 0 Å². The van der Waals surface area contributed by atoms with Gasteiger partial charge in [-0.3, -0.25) is 0 Å². The molecule has 0 saturated carbocycles. The van der Waals surface area contributed by atoms with Crippen LogP contribution in [0.3, 0.4) is 0 Å². The van der Waals surface area contributed by atoms with E-state index >= 15 is 0 Å². The Balaban J connectivity index is 1.72. The number of hydrogen-bond donors (Lipinski definition) is 1. The standard InChI is InChI=1S/C18H20F2N2O2S/c1-14(15-5-3-2-4-6-15)21-9-11-22(12-10-21)25(23,24)18-13-16(19)7-8-17(18)20/h2-8,13-14H,9-12H2,1H3/p+1/t14-/m1/s1. The minimum absolute atomic E-state index is 0.247. The van der Waals surface area contributed by atoms with E-state index in [-0.39, 0.29) is 19.1 Å². The van der Waals surface area contributed by atoms with Gasteiger partial charge in [0.1, 0.15) is 22.6 Å². The molecular weight excluding hydrogens is 346 g/mol. The van der Waals surface area contributed by atoms with Crippen LogP contribution in [0.25, 0.3) is 0 Å². The van der Waals surface area contributed by atoms with Crippen molar-refractivity contribution in [1.82, 2.24) is 4.31 Å². The zero-order valence-electron chi connectivity index (χ0n) is 14.0. The molecule has 0 bridgehead atoms. The van der Waals surface area contributed by atoms with Crippen LogP contribution in [0.1, 0.15) is 18.5 Å². The number of sulfonamides is 1. The number of quaternary nitrogens is 1. The Morgan fingerprint density at radius 1 is 1.04 bits per heavy atom. The molecule has 1 atom stereocenters. The monoisotopic (exact) mass is 367 g/mol. The predicted octanol–water partition coefficient (Wildman–Crippen LogP) is 1.62. The van der Waals surface area contributed by atoms with E-state index in [0.29, 0.717) is 13.1 Å². The molecule has 1 aliphatic heterocycles. The van der Waals surface area contributed by atoms with Crippen LogP contribution in [-0.4, -0.2) is 38.9 Å². The van der Waals surface area contributed by atoms with E-state index in [1.54, 1.807) is 0 Å². The van der Waals surface area contributed by atoms with Crippen LogP contribution in [0, 0.1) is 11.6 Å². The molecule has 0 radical (unpaired) electrons. The smallest absolute Gasteiger partial charge is 0.246 e. The van der Waals surface area contributed by atoms with Crippen molar-refractivity contribution < 1.29 is 22.1 Å². The van der Waals surface area contributed by atoms with Gasteiger partial charge in [-0.1, -0.05) is 30.3 Å². The fraction of sp³-hybridized carbons (Fsp3) is 0.333. The highest BCUT2D eigenvalue weighted by Crippen LogP contribution is 2.20. The van der Waals surface area contributed by atoms with Crippen molar-refractivity contribution in [2.45, 2.75) is 17.9 Å². The number of hydrogen-bond acceptors (Lipinski definition) is 2. The Morgan fingerprint density at radius 3 is 2.32 bits per heavy atom. The lowest BCUT2D eigenvalue weighted by Gasteiger charge is -2.35. The van der Waals surface area contributed by atoms with E-state index in [0.717, 1.165) is 18.2 Å². The Kier molecular flexibility index (Phi) is 5.17. The van der Waals surface area contributed by atoms with Crippen molar-refractivity contribution in [3.63, 3.8) is 0 Å². The van der Waals surface area contributed by atoms with Crippen molar-refractivity contribution in [3.05, 3.63) is 65.7 Å². The van der Waals surface area contributed by atoms with E-state index in [2.05, 4.69) is 19.1 Å². The second-order valence-corrected chi connectivity index (χ2v) is 8.18. The molecule has 1 saturated heterocycles. The molecule has 2 aromatic rings. The summed E-state index contributed by atoms with van der Waals surface area (Å²) in [5.74, 6) is -1.68. The summed E-state index contributed by atoms with van der Waals surface area (Å²) in [6, 6.07) is 12.8. The molecule has 134 valence electrons. The summed E-state index contributed by atoms with van der Waals surface area (Å²) in [6.45, 7) is 3.91. The zero-order chi connectivity index (χ0) is 18.0. The van der Waals surface area contributed by atoms with Crippen LogP contribution in [0.4, 0.5) is 8.78 Å². The molecule has 1 N–H and O–H groups in total. The van der Waals surface area contributed by atoms with E-state index in [9.17, 15) is 17.2 Å². The molecule has 7 heteroatoms. The highest BCUT2D eigenvalue weighted by Gasteiger charge is 2.34. The van der Waals surface area contributed by atoms with Gasteiger partial charge in [0.25, 0.3) is 0 Å². The van der Waals surface area contributed by atoms with Crippen LogP contribution in [0.2, 0.25) is 0 Å². The lowest BCUT2D eigenvalue weighted by molar-refractivity contribution is -0.933. The SMILES string of the molecule is C[C@H](c1ccccc1)[NH+]1CCN(S(=O)(=O)c2cc(F)ccc2F)CC1. The molecule has 0 aliphatic carbocycles. The fourth-order valence-electron chi connectivity index (χ4n) is 3.24. The first-order chi connectivity index (χ1) is 11.9. The molecule has 4 nitrogen and oxygen atoms in total. The van der Waals surface area contributed by atoms with Gasteiger partial charge < -0.3 is 4.90 Å². The third-order valence-corrected chi connectivity index (χ3v) is 6.70. The van der Waals surface area contributed by atoms with Crippen molar-refractivity contribution in [1.29, 1.82) is 0 Å². The average Bonchev–Trinajstić information content (AvgIpc) is 2.64. The Hall–Kier alpha value is -1.83. The van der Waals surface area contributed by atoms with Gasteiger partial charge in [-0.25, -0.2) is 17.2 Å². The minimum Gasteiger partial charge on any atom is -0.327 e. The number of nitrogens with zero attached hydrogens (tertiary/aromatic N) is 1. The summed E-state index contributed by atoms with van der Waals surface area (Å²) in [5.41, 5.74) is 1.20. The first-order valence-electron chi connectivity index (χ1n) is 8.24. The van der Waals surface area contributed by atoms with Crippen molar-refractivity contribution in [3.8, 4) is 0 Å². The van der Waals surface area contributed by atoms with E-state index in [4.69, 9.17) is 0 Å². The number of nitrogens with one attached hydrogen (secondary N) is 1. The van der Waals surface area contributed by atoms with Gasteiger partial charge >= 0.3 is 0 Å². The van der Waals surface area contributed by atoms with Crippen molar-refractivity contribution in [2.24, 2.45) is 0 Å². The van der Waals surface area contributed by atoms with Crippen LogP contribution in [0.5, 0.6) is 0 Å². The maximum absolute atomic E-state index is 13.9. The normalized spacial score (nSPS) is 18.2. The van der Waals surface area contributed by atoms with Gasteiger partial charge in [-0.2, -0.15) is 4.31 Å². The highest BCUT2D eigenvalue weighted by molar-refractivity contribution is 7.89. The summed E-state index contributed by atoms with van der Waals surface area (Å²) < 4.78 is 53.7. The highest BCUT2D eigenvalue weighted by atomic mass is 32.2. The summed E-state index contributed by atoms with van der Waals surface area (Å²) in [6.07, 6.45) is 0. The molecule has 1 fully saturated rings. The molecule has 0 unspecified atom stereocenters. The van der Waals surface area contributed by atoms with Crippen molar-refractivity contribution >= 4 is 10.0 Å². The second kappa shape index (κ2) is 7.19. The number of halogens is 2. The van der Waals surface area contributed by atoms with Crippen LogP contribution >= 0.6 is 0 Å². The first kappa shape index (κ1) is 18.0. The molecule has 3 rings (SSSR count). The Bertz CT molecular complexity index is 835. The molecule has 25 heavy (non-hydrogen) atoms. The van der Waals surface area contributed by atoms with E-state index in [1.807, 2.05) is 18.2 Å². The summed E-state index contributed by atoms with van der Waals surface area (Å²) in [7, 11) is -4.02. The topological polar surface area (TPSA) is 41.8 Å². The minimum atomic E-state index is -4.02. The molecule has 0 spiro atoms. The summed E-state index contributed by atoms with van der Waals surface area (Å²) in [4.78, 5) is 0.685. The molecule has 2 aromatic carbocycles. The number of rotatable bonds is 4. The number of piperazine rings is 1. The molecule has 0 aromatic heterocycles. The zero-order valence-corrected chi connectivity index (χ0v) is 14.8. The maximum atomic E-state index is 13.9. The molecular formula is C18H21F2N2O2S+. The van der Waals surface area contributed by atoms with E-state index in [1.165, 1.54) is 14.8 Å². The Morgan fingerprint density at radius 2 is 1.68 bits per heavy atom. The lowest BCUT2D eigenvalue weighted by atomic mass is 10.1. The fourth-order valence-corrected chi connectivity index (χ4v) is 4.76. The van der Waals surface area contributed by atoms with Gasteiger partial charge in [0.2, 0.25) is 10.0 Å². The first-order valence-corrected chi connectivity index (χ1v) is 9.68. The summed E-state index contributed by atoms with van der Waals surface area (Å²) >= 11 is 0. The van der Waals surface area contributed by atoms with Gasteiger partial charge in [-0.15, -0.1) is 0 Å². The summed E-state index contributed by atoms with van der Waals surface area (Å²) in [5, 5.41) is 0. The average molecular weight is 367 g/mol. The third kappa shape index (κ3) is 3.73. The maximum Gasteiger partial charge on any atom is 0.246 e. The Labute approximate surface area is 146 Å². The quantitative estimate of drug-likeness (QED) is 0.892. The second-order valence-electron chi connectivity index (χ2n) is 6.27. The largest absolute Gasteiger partial charge is 0.327 e. The van der Waals surface area contributed by atoms with Crippen LogP contribution in [0.15, 0.2) is 53.4 Å². The molecule has 1 heterocycles. The van der Waals surface area contributed by atoms with Gasteiger partial charge in [0, 0.05) is 5.56 Å². The lowest BCUT2D eigenvalue weighted by Crippen LogP contribution is -3.14. The molecule has 1 aliphatic rings. The van der Waals surface area contributed by atoms with Crippen LogP contribution in [-0.2, 0) is 10.0 Å². The van der Waals surface area contributed by atoms with Crippen molar-refractivity contribution in [2.75, 3.05) is 26.2 Å². The van der Waals surface area contributed by atoms with Crippen LogP contribution < -0.4 is 4.90 Å². The predicted molar refractivity (Wildman–Crippen MR) is 90.7 cm³/mol. The van der Waals surface area contributed by atoms with Gasteiger partial charge in [0.05, 0.1) is 26.2 Å².